The Balaban J connectivity index is 1.99. The molecule has 0 saturated carbocycles. The van der Waals surface area contributed by atoms with E-state index in [4.69, 9.17) is 0 Å². The van der Waals surface area contributed by atoms with Gasteiger partial charge in [0, 0.05) is 12.2 Å². The fourth-order valence-corrected chi connectivity index (χ4v) is 2.28. The number of nitrogens with zero attached hydrogens (tertiary/aromatic N) is 1. The monoisotopic (exact) mass is 235 g/mol. The highest BCUT2D eigenvalue weighted by atomic mass is 32.1. The van der Waals surface area contributed by atoms with Gasteiger partial charge in [0.1, 0.15) is 0 Å². The lowest BCUT2D eigenvalue weighted by Gasteiger charge is -2.03. The third kappa shape index (κ3) is 2.14. The molecule has 0 saturated heterocycles. The molecular weight excluding hydrogens is 222 g/mol. The van der Waals surface area contributed by atoms with Crippen molar-refractivity contribution in [3.05, 3.63) is 39.3 Å². The van der Waals surface area contributed by atoms with Crippen LogP contribution in [0.25, 0.3) is 0 Å². The summed E-state index contributed by atoms with van der Waals surface area (Å²) in [7, 11) is 0. The van der Waals surface area contributed by atoms with Crippen LogP contribution in [0.3, 0.4) is 0 Å². The molecule has 0 spiro atoms. The predicted octanol–water partition coefficient (Wildman–Crippen LogP) is 2.02. The van der Waals surface area contributed by atoms with E-state index in [1.165, 1.54) is 11.1 Å². The number of H-pyrrole nitrogens is 1. The van der Waals surface area contributed by atoms with Crippen LogP contribution >= 0.6 is 11.3 Å². The molecule has 0 aliphatic carbocycles. The predicted molar refractivity (Wildman–Crippen MR) is 63.6 cm³/mol. The lowest BCUT2D eigenvalue weighted by Crippen LogP contribution is -2.23. The number of amides is 1. The molecule has 4 nitrogen and oxygen atoms in total. The van der Waals surface area contributed by atoms with E-state index < -0.39 is 0 Å². The molecule has 0 radical (unpaired) electrons. The van der Waals surface area contributed by atoms with Crippen LogP contribution in [0.15, 0.2) is 17.0 Å². The molecule has 16 heavy (non-hydrogen) atoms. The molecule has 2 aromatic rings. The van der Waals surface area contributed by atoms with Crippen molar-refractivity contribution in [2.45, 2.75) is 20.4 Å². The Kier molecular flexibility index (Phi) is 3.05. The summed E-state index contributed by atoms with van der Waals surface area (Å²) in [6.45, 7) is 4.44. The number of aromatic amines is 1. The van der Waals surface area contributed by atoms with Crippen molar-refractivity contribution in [1.82, 2.24) is 15.5 Å². The van der Waals surface area contributed by atoms with Gasteiger partial charge < -0.3 is 5.32 Å². The minimum Gasteiger partial charge on any atom is -0.348 e. The first-order valence-electron chi connectivity index (χ1n) is 4.98. The molecular formula is C11H13N3OS. The number of nitrogens with one attached hydrogen (secondary N) is 2. The fraction of sp³-hybridized carbons (Fsp3) is 0.273. The number of aryl methyl sites for hydroxylation is 2. The molecule has 0 aliphatic rings. The van der Waals surface area contributed by atoms with Crippen molar-refractivity contribution in [2.75, 3.05) is 0 Å². The Bertz CT molecular complexity index is 501. The summed E-state index contributed by atoms with van der Waals surface area (Å²) in [4.78, 5) is 11.8. The number of hydrogen-bond acceptors (Lipinski definition) is 3. The first-order valence-corrected chi connectivity index (χ1v) is 5.92. The van der Waals surface area contributed by atoms with Crippen molar-refractivity contribution in [3.8, 4) is 0 Å². The summed E-state index contributed by atoms with van der Waals surface area (Å²) >= 11 is 1.65. The fourth-order valence-electron chi connectivity index (χ4n) is 1.42. The van der Waals surface area contributed by atoms with E-state index in [0.29, 0.717) is 12.1 Å². The average molecular weight is 235 g/mol. The molecule has 5 heteroatoms. The Morgan fingerprint density at radius 2 is 2.31 bits per heavy atom. The second kappa shape index (κ2) is 4.49. The van der Waals surface area contributed by atoms with Gasteiger partial charge >= 0.3 is 0 Å². The topological polar surface area (TPSA) is 57.8 Å². The van der Waals surface area contributed by atoms with Crippen molar-refractivity contribution in [3.63, 3.8) is 0 Å². The molecule has 2 aromatic heterocycles. The van der Waals surface area contributed by atoms with Crippen LogP contribution in [0, 0.1) is 13.8 Å². The Morgan fingerprint density at radius 3 is 2.88 bits per heavy atom. The van der Waals surface area contributed by atoms with Crippen molar-refractivity contribution < 1.29 is 4.79 Å². The lowest BCUT2D eigenvalue weighted by atomic mass is 10.2. The summed E-state index contributed by atoms with van der Waals surface area (Å²) in [6, 6.07) is 0. The van der Waals surface area contributed by atoms with E-state index in [2.05, 4.69) is 26.3 Å². The Labute approximate surface area is 97.7 Å². The maximum absolute atomic E-state index is 11.8. The summed E-state index contributed by atoms with van der Waals surface area (Å²) in [5, 5.41) is 13.6. The van der Waals surface area contributed by atoms with Gasteiger partial charge in [0.2, 0.25) is 0 Å². The summed E-state index contributed by atoms with van der Waals surface area (Å²) < 4.78 is 0. The number of rotatable bonds is 3. The van der Waals surface area contributed by atoms with Gasteiger partial charge in [0.05, 0.1) is 11.8 Å². The molecule has 1 amide bonds. The van der Waals surface area contributed by atoms with E-state index in [1.807, 2.05) is 13.8 Å². The van der Waals surface area contributed by atoms with E-state index in [0.717, 1.165) is 5.69 Å². The SMILES string of the molecule is Cc1cscc1CNC(=O)c1cn[nH]c1C. The summed E-state index contributed by atoms with van der Waals surface area (Å²) in [5.41, 5.74) is 3.78. The highest BCUT2D eigenvalue weighted by Crippen LogP contribution is 2.13. The zero-order valence-corrected chi connectivity index (χ0v) is 10.0. The molecule has 84 valence electrons. The number of thiophene rings is 1. The van der Waals surface area contributed by atoms with Gasteiger partial charge in [0.15, 0.2) is 0 Å². The highest BCUT2D eigenvalue weighted by Gasteiger charge is 2.10. The number of carbonyl (C=O) groups is 1. The summed E-state index contributed by atoms with van der Waals surface area (Å²) in [6.07, 6.45) is 1.55. The van der Waals surface area contributed by atoms with Gasteiger partial charge in [-0.25, -0.2) is 0 Å². The maximum atomic E-state index is 11.8. The first kappa shape index (κ1) is 10.9. The second-order valence-electron chi connectivity index (χ2n) is 3.67. The molecule has 0 fully saturated rings. The number of aromatic nitrogens is 2. The highest BCUT2D eigenvalue weighted by molar-refractivity contribution is 7.08. The summed E-state index contributed by atoms with van der Waals surface area (Å²) in [5.74, 6) is -0.0862. The van der Waals surface area contributed by atoms with Crippen LogP contribution in [0.4, 0.5) is 0 Å². The lowest BCUT2D eigenvalue weighted by molar-refractivity contribution is 0.0950. The molecule has 0 aliphatic heterocycles. The quantitative estimate of drug-likeness (QED) is 0.855. The van der Waals surface area contributed by atoms with Crippen LogP contribution in [-0.4, -0.2) is 16.1 Å². The largest absolute Gasteiger partial charge is 0.348 e. The van der Waals surface area contributed by atoms with Gasteiger partial charge in [0.25, 0.3) is 5.91 Å². The van der Waals surface area contributed by atoms with Gasteiger partial charge in [-0.1, -0.05) is 0 Å². The molecule has 2 N–H and O–H groups in total. The standard InChI is InChI=1S/C11H13N3OS/c1-7-5-16-6-9(7)3-12-11(15)10-4-13-14-8(10)2/h4-6H,3H2,1-2H3,(H,12,15)(H,13,14). The molecule has 0 atom stereocenters. The van der Waals surface area contributed by atoms with Gasteiger partial charge in [-0.3, -0.25) is 9.89 Å². The van der Waals surface area contributed by atoms with Gasteiger partial charge in [-0.2, -0.15) is 16.4 Å². The average Bonchev–Trinajstić information content (AvgIpc) is 2.84. The zero-order valence-electron chi connectivity index (χ0n) is 9.20. The van der Waals surface area contributed by atoms with E-state index in [9.17, 15) is 4.79 Å². The Hall–Kier alpha value is -1.62. The van der Waals surface area contributed by atoms with Gasteiger partial charge in [-0.15, -0.1) is 0 Å². The molecule has 0 aromatic carbocycles. The maximum Gasteiger partial charge on any atom is 0.255 e. The van der Waals surface area contributed by atoms with Crippen LogP contribution in [0.5, 0.6) is 0 Å². The molecule has 0 unspecified atom stereocenters. The first-order chi connectivity index (χ1) is 7.68. The van der Waals surface area contributed by atoms with E-state index >= 15 is 0 Å². The number of carbonyl (C=O) groups excluding carboxylic acids is 1. The second-order valence-corrected chi connectivity index (χ2v) is 4.41. The van der Waals surface area contributed by atoms with Crippen LogP contribution < -0.4 is 5.32 Å². The minimum absolute atomic E-state index is 0.0862. The smallest absolute Gasteiger partial charge is 0.255 e. The van der Waals surface area contributed by atoms with E-state index in [1.54, 1.807) is 17.5 Å². The third-order valence-electron chi connectivity index (χ3n) is 2.48. The Morgan fingerprint density at radius 1 is 1.50 bits per heavy atom. The van der Waals surface area contributed by atoms with Crippen molar-refractivity contribution in [1.29, 1.82) is 0 Å². The van der Waals surface area contributed by atoms with Crippen LogP contribution in [0.1, 0.15) is 27.2 Å². The van der Waals surface area contributed by atoms with Crippen molar-refractivity contribution in [2.24, 2.45) is 0 Å². The van der Waals surface area contributed by atoms with Crippen LogP contribution in [-0.2, 0) is 6.54 Å². The van der Waals surface area contributed by atoms with Gasteiger partial charge in [-0.05, 0) is 35.7 Å². The molecule has 0 bridgehead atoms. The zero-order chi connectivity index (χ0) is 11.5. The van der Waals surface area contributed by atoms with Crippen molar-refractivity contribution >= 4 is 17.2 Å². The molecule has 2 rings (SSSR count). The molecule has 2 heterocycles. The van der Waals surface area contributed by atoms with E-state index in [-0.39, 0.29) is 5.91 Å². The van der Waals surface area contributed by atoms with Crippen LogP contribution in [0.2, 0.25) is 0 Å². The normalized spacial score (nSPS) is 10.4. The third-order valence-corrected chi connectivity index (χ3v) is 3.39. The minimum atomic E-state index is -0.0862. The number of hydrogen-bond donors (Lipinski definition) is 2.